The molecule has 3 aliphatic heterocycles. The SMILES string of the molecule is CB(O)N1CCN(C(C#N)c2ccc(OC(F)(F)F)cc2)[C@@H](C)C1.CB(O)N1CCN[C@@H](C)C1.CCI.CC[C@@H](c1ccc(OC(F)(F)F)cc1)N1CCN(B(C)O)C[C@@H]1C.O=Cc1ccc(OC(F)(F)F)cc1. The second kappa shape index (κ2) is 32.0. The van der Waals surface area contributed by atoms with Crippen LogP contribution in [0.5, 0.6) is 17.2 Å². The standard InChI is InChI=1S/C16H24BF3N2O2.C15H19BF3N3O2.C8H5F3O2.C6H15BN2O.C2H5I/c1-4-15(22-10-9-21(17(3)23)11-12(22)2)13-5-7-14(8-6-13)24-16(18,19)20;1-11-10-21(16(2)23)7-8-22(11)14(9-20)12-3-5-13(6-4-12)24-15(17,18)19;9-8(10,11)13-7-3-1-6(5-12)2-4-7;1-6-5-9(7(2)10)4-3-8-6;1-2-3/h5-8,12,15,23H,4,9-11H2,1-3H3;3-6,11,14,23H,7-8,10H2,1-2H3;1-5H;6,8,10H,3-5H2,1-2H3;2H2,1H3/t12-,15-;11-,14?;;6-;/m00.0./s1. The van der Waals surface area contributed by atoms with Gasteiger partial charge in [0.1, 0.15) is 29.6 Å². The largest absolute Gasteiger partial charge is 0.573 e. The predicted molar refractivity (Wildman–Crippen MR) is 277 cm³/mol. The van der Waals surface area contributed by atoms with E-state index in [0.29, 0.717) is 43.1 Å². The maximum Gasteiger partial charge on any atom is 0.573 e. The molecule has 3 heterocycles. The van der Waals surface area contributed by atoms with Gasteiger partial charge in [0.05, 0.1) is 6.07 Å². The van der Waals surface area contributed by atoms with Gasteiger partial charge in [-0.1, -0.05) is 60.7 Å². The first-order valence-electron chi connectivity index (χ1n) is 24.0. The molecule has 0 saturated carbocycles. The predicted octanol–water partition coefficient (Wildman–Crippen LogP) is 8.65. The highest BCUT2D eigenvalue weighted by Gasteiger charge is 2.36. The lowest BCUT2D eigenvalue weighted by Gasteiger charge is -2.44. The van der Waals surface area contributed by atoms with Gasteiger partial charge < -0.3 is 49.0 Å². The van der Waals surface area contributed by atoms with Gasteiger partial charge in [-0.3, -0.25) is 14.6 Å². The van der Waals surface area contributed by atoms with E-state index in [1.807, 2.05) is 28.3 Å². The van der Waals surface area contributed by atoms with Crippen molar-refractivity contribution >= 4 is 50.0 Å². The summed E-state index contributed by atoms with van der Waals surface area (Å²) in [5.41, 5.74) is 1.89. The summed E-state index contributed by atoms with van der Waals surface area (Å²) in [6.45, 7) is 22.7. The number of piperazine rings is 3. The van der Waals surface area contributed by atoms with Crippen molar-refractivity contribution in [2.24, 2.45) is 0 Å². The summed E-state index contributed by atoms with van der Waals surface area (Å²) in [6, 6.07) is 18.7. The fourth-order valence-corrected chi connectivity index (χ4v) is 8.32. The van der Waals surface area contributed by atoms with E-state index >= 15 is 0 Å². The fraction of sp³-hybridized carbons (Fsp3) is 0.574. The minimum absolute atomic E-state index is 0.0316. The lowest BCUT2D eigenvalue weighted by atomic mass is 9.83. The molecule has 0 spiro atoms. The van der Waals surface area contributed by atoms with Crippen LogP contribution in [0.25, 0.3) is 0 Å². The Bertz CT molecular complexity index is 2080. The fourth-order valence-electron chi connectivity index (χ4n) is 8.32. The highest BCUT2D eigenvalue weighted by molar-refractivity contribution is 14.1. The molecule has 0 radical (unpaired) electrons. The van der Waals surface area contributed by atoms with E-state index in [1.165, 1.54) is 53.0 Å². The molecule has 3 fully saturated rings. The number of hydrogen-bond acceptors (Lipinski definition) is 14. The van der Waals surface area contributed by atoms with Gasteiger partial charge in [0.15, 0.2) is 0 Å². The summed E-state index contributed by atoms with van der Waals surface area (Å²) < 4.78 is 121. The van der Waals surface area contributed by atoms with Gasteiger partial charge in [-0.25, -0.2) is 0 Å². The van der Waals surface area contributed by atoms with E-state index in [0.717, 1.165) is 63.4 Å². The van der Waals surface area contributed by atoms with Gasteiger partial charge in [-0.2, -0.15) is 5.26 Å². The number of rotatable bonds is 12. The zero-order valence-corrected chi connectivity index (χ0v) is 45.0. The van der Waals surface area contributed by atoms with Crippen molar-refractivity contribution in [1.82, 2.24) is 29.5 Å². The normalized spacial score (nSPS) is 19.9. The third-order valence-corrected chi connectivity index (χ3v) is 11.8. The maximum atomic E-state index is 12.3. The number of aldehydes is 1. The van der Waals surface area contributed by atoms with Crippen molar-refractivity contribution in [3.63, 3.8) is 0 Å². The van der Waals surface area contributed by atoms with Crippen LogP contribution in [0.15, 0.2) is 72.8 Å². The van der Waals surface area contributed by atoms with E-state index in [1.54, 1.807) is 25.8 Å². The summed E-state index contributed by atoms with van der Waals surface area (Å²) in [7, 11) is -1.30. The lowest BCUT2D eigenvalue weighted by molar-refractivity contribution is -0.275. The van der Waals surface area contributed by atoms with Crippen LogP contribution in [0.4, 0.5) is 39.5 Å². The second-order valence-corrected chi connectivity index (χ2v) is 19.1. The number of nitrogens with zero attached hydrogens (tertiary/aromatic N) is 6. The molecule has 0 aromatic heterocycles. The Kier molecular flexibility index (Phi) is 28.7. The van der Waals surface area contributed by atoms with Crippen molar-refractivity contribution in [3.8, 4) is 23.3 Å². The number of benzene rings is 3. The number of hydrogen-bond donors (Lipinski definition) is 4. The Balaban J connectivity index is 0.000000349. The molecule has 3 aliphatic rings. The molecule has 0 bridgehead atoms. The first-order valence-corrected chi connectivity index (χ1v) is 25.6. The van der Waals surface area contributed by atoms with E-state index in [9.17, 15) is 64.6 Å². The summed E-state index contributed by atoms with van der Waals surface area (Å²) in [4.78, 5) is 20.5. The minimum atomic E-state index is -4.73. The Hall–Kier alpha value is -3.85. The molecule has 3 aromatic carbocycles. The molecule has 5 atom stereocenters. The average molecular weight is 1170 g/mol. The summed E-state index contributed by atoms with van der Waals surface area (Å²) >= 11 is 2.29. The van der Waals surface area contributed by atoms with E-state index in [4.69, 9.17) is 0 Å². The topological polar surface area (TPSA) is 157 Å². The van der Waals surface area contributed by atoms with Crippen LogP contribution in [0.1, 0.15) is 74.6 Å². The third-order valence-electron chi connectivity index (χ3n) is 11.8. The molecular formula is C47H68B3F9IN7O7. The van der Waals surface area contributed by atoms with Crippen molar-refractivity contribution in [1.29, 1.82) is 5.26 Å². The number of carbonyl (C=O) groups is 1. The Morgan fingerprint density at radius 2 is 1.01 bits per heavy atom. The summed E-state index contributed by atoms with van der Waals surface area (Å²) in [5.74, 6) is -0.846. The zero-order valence-electron chi connectivity index (χ0n) is 42.8. The van der Waals surface area contributed by atoms with Crippen LogP contribution in [-0.2, 0) is 0 Å². The Labute approximate surface area is 443 Å². The smallest absolute Gasteiger partial charge is 0.437 e. The average Bonchev–Trinajstić information content (AvgIpc) is 3.31. The van der Waals surface area contributed by atoms with Gasteiger partial charge in [-0.15, -0.1) is 39.5 Å². The van der Waals surface area contributed by atoms with Crippen molar-refractivity contribution in [3.05, 3.63) is 89.5 Å². The lowest BCUT2D eigenvalue weighted by Crippen LogP contribution is -2.56. The first-order chi connectivity index (χ1) is 34.5. The number of nitriles is 1. The quantitative estimate of drug-likeness (QED) is 0.0449. The molecule has 412 valence electrons. The molecule has 0 aliphatic carbocycles. The minimum Gasteiger partial charge on any atom is -0.437 e. The molecule has 27 heteroatoms. The van der Waals surface area contributed by atoms with Gasteiger partial charge >= 0.3 is 40.2 Å². The van der Waals surface area contributed by atoms with Gasteiger partial charge in [0, 0.05) is 88.6 Å². The van der Waals surface area contributed by atoms with Crippen LogP contribution < -0.4 is 19.5 Å². The zero-order chi connectivity index (χ0) is 56.0. The highest BCUT2D eigenvalue weighted by Crippen LogP contribution is 2.32. The number of carbonyl (C=O) groups excluding carboxylic acids is 1. The molecule has 3 saturated heterocycles. The van der Waals surface area contributed by atoms with Crippen LogP contribution in [0.2, 0.25) is 20.5 Å². The Morgan fingerprint density at radius 3 is 1.32 bits per heavy atom. The molecular weight excluding hydrogens is 1100 g/mol. The second-order valence-electron chi connectivity index (χ2n) is 17.6. The third kappa shape index (κ3) is 24.9. The van der Waals surface area contributed by atoms with Crippen molar-refractivity contribution in [2.75, 3.05) is 63.3 Å². The number of halogens is 10. The summed E-state index contributed by atoms with van der Waals surface area (Å²) in [6.07, 6.45) is -12.7. The highest BCUT2D eigenvalue weighted by atomic mass is 127. The van der Waals surface area contributed by atoms with Gasteiger partial charge in [0.25, 0.3) is 0 Å². The maximum absolute atomic E-state index is 12.3. The van der Waals surface area contributed by atoms with Crippen LogP contribution in [0.3, 0.4) is 0 Å². The van der Waals surface area contributed by atoms with Crippen molar-refractivity contribution < 1.29 is 73.6 Å². The van der Waals surface area contributed by atoms with Gasteiger partial charge in [0.2, 0.25) is 0 Å². The first kappa shape index (κ1) is 66.3. The number of alkyl halides is 10. The Morgan fingerprint density at radius 1 is 0.649 bits per heavy atom. The molecule has 3 aromatic rings. The van der Waals surface area contributed by atoms with E-state index in [2.05, 4.69) is 85.6 Å². The van der Waals surface area contributed by atoms with Crippen LogP contribution in [0, 0.1) is 11.3 Å². The monoisotopic (exact) mass is 1170 g/mol. The molecule has 4 N–H and O–H groups in total. The van der Waals surface area contributed by atoms with Crippen LogP contribution in [-0.4, -0.2) is 167 Å². The molecule has 14 nitrogen and oxygen atoms in total. The van der Waals surface area contributed by atoms with Crippen molar-refractivity contribution in [2.45, 2.75) is 111 Å². The molecule has 6 rings (SSSR count). The molecule has 0 amide bonds. The number of ether oxygens (including phenoxy) is 3. The van der Waals surface area contributed by atoms with E-state index < -0.39 is 39.2 Å². The van der Waals surface area contributed by atoms with Gasteiger partial charge in [-0.05, 0) is 112 Å². The molecule has 1 unspecified atom stereocenters. The molecule has 74 heavy (non-hydrogen) atoms. The van der Waals surface area contributed by atoms with E-state index in [-0.39, 0.29) is 42.4 Å². The van der Waals surface area contributed by atoms with Crippen LogP contribution >= 0.6 is 22.6 Å². The number of nitrogens with one attached hydrogen (secondary N) is 1. The summed E-state index contributed by atoms with van der Waals surface area (Å²) in [5, 5.41) is 41.4.